The van der Waals surface area contributed by atoms with Crippen molar-refractivity contribution in [3.05, 3.63) is 64.7 Å². The molecule has 1 aromatic carbocycles. The first-order valence-corrected chi connectivity index (χ1v) is 8.95. The van der Waals surface area contributed by atoms with Crippen LogP contribution >= 0.6 is 11.8 Å². The minimum Gasteiger partial charge on any atom is -0.350 e. The molecule has 0 bridgehead atoms. The van der Waals surface area contributed by atoms with Crippen molar-refractivity contribution in [2.24, 2.45) is 0 Å². The monoisotopic (exact) mass is 327 g/mol. The van der Waals surface area contributed by atoms with Crippen molar-refractivity contribution in [2.45, 2.75) is 45.3 Å². The first-order chi connectivity index (χ1) is 11.0. The third-order valence-corrected chi connectivity index (χ3v) is 4.66. The maximum Gasteiger partial charge on any atom is 0.159 e. The van der Waals surface area contributed by atoms with Gasteiger partial charge in [0.1, 0.15) is 0 Å². The lowest BCUT2D eigenvalue weighted by Crippen LogP contribution is -2.15. The Bertz CT molecular complexity index is 624. The van der Waals surface area contributed by atoms with Crippen LogP contribution in [0.1, 0.15) is 40.0 Å². The molecule has 1 aliphatic heterocycles. The zero-order valence-electron chi connectivity index (χ0n) is 14.1. The number of anilines is 1. The smallest absolute Gasteiger partial charge is 0.159 e. The fourth-order valence-electron chi connectivity index (χ4n) is 2.45. The van der Waals surface area contributed by atoms with Crippen molar-refractivity contribution in [3.63, 3.8) is 0 Å². The molecule has 0 fully saturated rings. The Morgan fingerprint density at radius 2 is 2.00 bits per heavy atom. The van der Waals surface area contributed by atoms with Gasteiger partial charge >= 0.3 is 0 Å². The first kappa shape index (κ1) is 17.6. The van der Waals surface area contributed by atoms with Gasteiger partial charge < -0.3 is 5.32 Å². The number of carbonyl (C=O) groups excluding carboxylic acids is 1. The predicted molar refractivity (Wildman–Crippen MR) is 102 cm³/mol. The number of allylic oxidation sites excluding steroid dienone is 4. The minimum absolute atomic E-state index is 0.195. The number of hydrogen-bond donors (Lipinski definition) is 1. The molecule has 3 heteroatoms. The highest BCUT2D eigenvalue weighted by Gasteiger charge is 2.20. The summed E-state index contributed by atoms with van der Waals surface area (Å²) in [5.74, 6) is 0.195. The van der Waals surface area contributed by atoms with Crippen LogP contribution in [0.25, 0.3) is 0 Å². The highest BCUT2D eigenvalue weighted by atomic mass is 32.2. The Morgan fingerprint density at radius 1 is 1.26 bits per heavy atom. The summed E-state index contributed by atoms with van der Waals surface area (Å²) in [6.45, 7) is 6.41. The second-order valence-electron chi connectivity index (χ2n) is 6.16. The van der Waals surface area contributed by atoms with E-state index in [0.717, 1.165) is 23.6 Å². The number of benzene rings is 1. The summed E-state index contributed by atoms with van der Waals surface area (Å²) in [7, 11) is 0. The summed E-state index contributed by atoms with van der Waals surface area (Å²) in [6.07, 6.45) is 8.95. The van der Waals surface area contributed by atoms with E-state index in [2.05, 4.69) is 38.2 Å². The number of nitrogens with one attached hydrogen (secondary N) is 1. The zero-order valence-corrected chi connectivity index (χ0v) is 15.0. The van der Waals surface area contributed by atoms with E-state index in [1.807, 2.05) is 30.3 Å². The molecule has 1 N–H and O–H groups in total. The zero-order chi connectivity index (χ0) is 16.7. The van der Waals surface area contributed by atoms with Gasteiger partial charge in [0.15, 0.2) is 5.78 Å². The molecule has 0 radical (unpaired) electrons. The lowest BCUT2D eigenvalue weighted by atomic mass is 10.1. The van der Waals surface area contributed by atoms with Crippen LogP contribution in [0.5, 0.6) is 0 Å². The van der Waals surface area contributed by atoms with E-state index >= 15 is 0 Å². The predicted octanol–water partition coefficient (Wildman–Crippen LogP) is 5.71. The van der Waals surface area contributed by atoms with E-state index in [-0.39, 0.29) is 11.0 Å². The van der Waals surface area contributed by atoms with Gasteiger partial charge in [-0.15, -0.1) is 11.8 Å². The van der Waals surface area contributed by atoms with Gasteiger partial charge in [0.25, 0.3) is 0 Å². The number of rotatable bonds is 6. The second-order valence-corrected chi connectivity index (χ2v) is 7.44. The van der Waals surface area contributed by atoms with Crippen molar-refractivity contribution >= 4 is 23.2 Å². The Kier molecular flexibility index (Phi) is 6.72. The molecule has 0 saturated carbocycles. The van der Waals surface area contributed by atoms with Crippen molar-refractivity contribution in [1.82, 2.24) is 0 Å². The summed E-state index contributed by atoms with van der Waals surface area (Å²) < 4.78 is 0. The summed E-state index contributed by atoms with van der Waals surface area (Å²) in [5, 5.41) is 4.50. The van der Waals surface area contributed by atoms with Gasteiger partial charge in [-0.05, 0) is 45.7 Å². The van der Waals surface area contributed by atoms with Gasteiger partial charge in [0.05, 0.1) is 5.03 Å². The maximum atomic E-state index is 12.0. The van der Waals surface area contributed by atoms with Gasteiger partial charge in [-0.1, -0.05) is 41.5 Å². The normalized spacial score (nSPS) is 18.4. The maximum absolute atomic E-state index is 12.0. The highest BCUT2D eigenvalue weighted by Crippen LogP contribution is 2.32. The fraction of sp³-hybridized carbons (Fsp3) is 0.350. The summed E-state index contributed by atoms with van der Waals surface area (Å²) in [4.78, 5) is 12.0. The van der Waals surface area contributed by atoms with E-state index in [0.29, 0.717) is 6.42 Å². The molecular formula is C20H25NOS. The molecular weight excluding hydrogens is 302 g/mol. The molecule has 23 heavy (non-hydrogen) atoms. The SMILES string of the molecule is CC(C)=CCCC(C)=CC1CC(=O)C=C(Nc2ccccc2)S1. The van der Waals surface area contributed by atoms with E-state index in [1.54, 1.807) is 17.8 Å². The van der Waals surface area contributed by atoms with Crippen LogP contribution in [-0.2, 0) is 4.79 Å². The Labute approximate surface area is 143 Å². The molecule has 0 aromatic heterocycles. The van der Waals surface area contributed by atoms with Gasteiger partial charge in [0, 0.05) is 23.4 Å². The molecule has 1 unspecified atom stereocenters. The third-order valence-electron chi connectivity index (χ3n) is 3.58. The van der Waals surface area contributed by atoms with Crippen molar-refractivity contribution in [2.75, 3.05) is 5.32 Å². The molecule has 2 nitrogen and oxygen atoms in total. The van der Waals surface area contributed by atoms with E-state index in [1.165, 1.54) is 11.1 Å². The Hall–Kier alpha value is -1.74. The largest absolute Gasteiger partial charge is 0.350 e. The number of thioether (sulfide) groups is 1. The molecule has 1 aromatic rings. The standard InChI is InChI=1S/C20H25NOS/c1-15(2)8-7-9-16(3)12-19-13-18(22)14-20(23-19)21-17-10-5-4-6-11-17/h4-6,8,10-12,14,19,21H,7,9,13H2,1-3H3. The first-order valence-electron chi connectivity index (χ1n) is 8.07. The average molecular weight is 327 g/mol. The van der Waals surface area contributed by atoms with Crippen LogP contribution in [0.15, 0.2) is 64.7 Å². The fourth-order valence-corrected chi connectivity index (χ4v) is 3.70. The van der Waals surface area contributed by atoms with Gasteiger partial charge in [-0.2, -0.15) is 0 Å². The summed E-state index contributed by atoms with van der Waals surface area (Å²) >= 11 is 1.74. The Morgan fingerprint density at radius 3 is 2.70 bits per heavy atom. The van der Waals surface area contributed by atoms with E-state index < -0.39 is 0 Å². The quantitative estimate of drug-likeness (QED) is 0.679. The van der Waals surface area contributed by atoms with Gasteiger partial charge in [-0.3, -0.25) is 4.79 Å². The number of hydrogen-bond acceptors (Lipinski definition) is 3. The van der Waals surface area contributed by atoms with Crippen LogP contribution in [0, 0.1) is 0 Å². The average Bonchev–Trinajstić information content (AvgIpc) is 2.47. The number of carbonyl (C=O) groups is 1. The number of para-hydroxylation sites is 1. The van der Waals surface area contributed by atoms with Crippen LogP contribution < -0.4 is 5.32 Å². The topological polar surface area (TPSA) is 29.1 Å². The van der Waals surface area contributed by atoms with Crippen LogP contribution in [0.3, 0.4) is 0 Å². The van der Waals surface area contributed by atoms with Crippen molar-refractivity contribution in [1.29, 1.82) is 0 Å². The summed E-state index contributed by atoms with van der Waals surface area (Å²) in [6, 6.07) is 9.98. The molecule has 122 valence electrons. The molecule has 0 amide bonds. The van der Waals surface area contributed by atoms with Crippen LogP contribution in [-0.4, -0.2) is 11.0 Å². The van der Waals surface area contributed by atoms with Crippen LogP contribution in [0.4, 0.5) is 5.69 Å². The molecule has 1 heterocycles. The lowest BCUT2D eigenvalue weighted by Gasteiger charge is -2.20. The number of ketones is 1. The molecule has 0 spiro atoms. The second kappa shape index (κ2) is 8.78. The van der Waals surface area contributed by atoms with Crippen molar-refractivity contribution < 1.29 is 4.79 Å². The molecule has 1 aliphatic rings. The van der Waals surface area contributed by atoms with Crippen molar-refractivity contribution in [3.8, 4) is 0 Å². The van der Waals surface area contributed by atoms with E-state index in [9.17, 15) is 4.79 Å². The lowest BCUT2D eigenvalue weighted by molar-refractivity contribution is -0.114. The minimum atomic E-state index is 0.195. The van der Waals surface area contributed by atoms with Gasteiger partial charge in [0.2, 0.25) is 0 Å². The van der Waals surface area contributed by atoms with Gasteiger partial charge in [-0.25, -0.2) is 0 Å². The van der Waals surface area contributed by atoms with Crippen LogP contribution in [0.2, 0.25) is 0 Å². The molecule has 0 saturated heterocycles. The third kappa shape index (κ3) is 6.49. The van der Waals surface area contributed by atoms with E-state index in [4.69, 9.17) is 0 Å². The molecule has 0 aliphatic carbocycles. The molecule has 1 atom stereocenters. The molecule has 2 rings (SSSR count). The Balaban J connectivity index is 1.96. The summed E-state index contributed by atoms with van der Waals surface area (Å²) in [5.41, 5.74) is 3.73. The highest BCUT2D eigenvalue weighted by molar-refractivity contribution is 8.04.